The van der Waals surface area contributed by atoms with Gasteiger partial charge in [0.15, 0.2) is 5.03 Å². The first-order chi connectivity index (χ1) is 9.95. The van der Waals surface area contributed by atoms with Crippen molar-refractivity contribution in [1.29, 1.82) is 0 Å². The predicted molar refractivity (Wildman–Crippen MR) is 72.4 cm³/mol. The number of hydrogen-bond donors (Lipinski definition) is 1. The zero-order chi connectivity index (χ0) is 15.1. The molecule has 8 heteroatoms. The lowest BCUT2D eigenvalue weighted by molar-refractivity contribution is -0.0680. The third kappa shape index (κ3) is 2.35. The van der Waals surface area contributed by atoms with E-state index in [0.29, 0.717) is 0 Å². The van der Waals surface area contributed by atoms with Crippen LogP contribution in [-0.4, -0.2) is 31.4 Å². The molecule has 21 heavy (non-hydrogen) atoms. The molecule has 1 aliphatic rings. The van der Waals surface area contributed by atoms with Crippen molar-refractivity contribution in [3.05, 3.63) is 47.9 Å². The molecule has 1 N–H and O–H groups in total. The molecule has 1 fully saturated rings. The van der Waals surface area contributed by atoms with Gasteiger partial charge in [-0.3, -0.25) is 4.68 Å². The van der Waals surface area contributed by atoms with E-state index in [1.54, 1.807) is 18.2 Å². The predicted octanol–water partition coefficient (Wildman–Crippen LogP) is 0.763. The van der Waals surface area contributed by atoms with Crippen LogP contribution in [0.25, 0.3) is 0 Å². The van der Waals surface area contributed by atoms with Gasteiger partial charge in [0.25, 0.3) is 10.0 Å². The molecule has 1 saturated heterocycles. The molecule has 2 aromatic rings. The number of benzene rings is 1. The summed E-state index contributed by atoms with van der Waals surface area (Å²) in [7, 11) is -2.30. The Labute approximate surface area is 121 Å². The molecule has 3 rings (SSSR count). The zero-order valence-electron chi connectivity index (χ0n) is 11.3. The number of nitrogens with zero attached hydrogens (tertiary/aromatic N) is 2. The minimum Gasteiger partial charge on any atom is -0.377 e. The molecule has 0 spiro atoms. The van der Waals surface area contributed by atoms with E-state index in [4.69, 9.17) is 4.74 Å². The summed E-state index contributed by atoms with van der Waals surface area (Å²) in [4.78, 5) is 0. The summed E-state index contributed by atoms with van der Waals surface area (Å²) < 4.78 is 47.8. The maximum atomic E-state index is 14.0. The number of hydrogen-bond acceptors (Lipinski definition) is 4. The SMILES string of the molecule is Cn1nccc1S(=O)(=O)NC1(c2ccccc2F)COC1. The van der Waals surface area contributed by atoms with Crippen LogP contribution in [-0.2, 0) is 27.3 Å². The summed E-state index contributed by atoms with van der Waals surface area (Å²) in [5.74, 6) is -0.464. The van der Waals surface area contributed by atoms with Crippen molar-refractivity contribution in [2.75, 3.05) is 13.2 Å². The van der Waals surface area contributed by atoms with Crippen LogP contribution in [0.1, 0.15) is 5.56 Å². The van der Waals surface area contributed by atoms with Crippen molar-refractivity contribution in [2.45, 2.75) is 10.6 Å². The molecule has 0 atom stereocenters. The first-order valence-electron chi connectivity index (χ1n) is 6.29. The minimum absolute atomic E-state index is 0.0186. The second-order valence-electron chi connectivity index (χ2n) is 4.95. The van der Waals surface area contributed by atoms with Gasteiger partial charge in [0.1, 0.15) is 11.4 Å². The molecule has 2 heterocycles. The van der Waals surface area contributed by atoms with Gasteiger partial charge in [-0.1, -0.05) is 18.2 Å². The van der Waals surface area contributed by atoms with Crippen molar-refractivity contribution in [3.63, 3.8) is 0 Å². The third-order valence-corrected chi connectivity index (χ3v) is 5.08. The molecular formula is C13H14FN3O3S. The quantitative estimate of drug-likeness (QED) is 0.905. The number of sulfonamides is 1. The molecule has 0 amide bonds. The van der Waals surface area contributed by atoms with Crippen molar-refractivity contribution >= 4 is 10.0 Å². The second-order valence-corrected chi connectivity index (χ2v) is 6.58. The first kappa shape index (κ1) is 14.2. The summed E-state index contributed by atoms with van der Waals surface area (Å²) in [6.45, 7) is 0.177. The Morgan fingerprint density at radius 3 is 2.57 bits per heavy atom. The maximum Gasteiger partial charge on any atom is 0.258 e. The summed E-state index contributed by atoms with van der Waals surface area (Å²) in [6.07, 6.45) is 1.39. The van der Waals surface area contributed by atoms with Crippen molar-refractivity contribution in [2.24, 2.45) is 7.05 Å². The number of nitrogens with one attached hydrogen (secondary N) is 1. The highest BCUT2D eigenvalue weighted by Crippen LogP contribution is 2.33. The van der Waals surface area contributed by atoms with E-state index >= 15 is 0 Å². The molecule has 0 saturated carbocycles. The topological polar surface area (TPSA) is 73.2 Å². The molecule has 6 nitrogen and oxygen atoms in total. The van der Waals surface area contributed by atoms with Gasteiger partial charge in [0.05, 0.1) is 19.4 Å². The summed E-state index contributed by atoms with van der Waals surface area (Å²) in [5, 5.41) is 3.86. The van der Waals surface area contributed by atoms with Gasteiger partial charge in [0, 0.05) is 12.6 Å². The van der Waals surface area contributed by atoms with Crippen molar-refractivity contribution < 1.29 is 17.5 Å². The third-order valence-electron chi connectivity index (χ3n) is 3.47. The van der Waals surface area contributed by atoms with E-state index < -0.39 is 21.4 Å². The van der Waals surface area contributed by atoms with Crippen LogP contribution in [0.3, 0.4) is 0 Å². The second kappa shape index (κ2) is 4.90. The van der Waals surface area contributed by atoms with Crippen LogP contribution >= 0.6 is 0 Å². The molecule has 0 aliphatic carbocycles. The number of aryl methyl sites for hydroxylation is 1. The zero-order valence-corrected chi connectivity index (χ0v) is 12.1. The van der Waals surface area contributed by atoms with Crippen LogP contribution < -0.4 is 4.72 Å². The van der Waals surface area contributed by atoms with E-state index in [1.165, 1.54) is 30.1 Å². The number of aromatic nitrogens is 2. The van der Waals surface area contributed by atoms with Crippen molar-refractivity contribution in [1.82, 2.24) is 14.5 Å². The fourth-order valence-electron chi connectivity index (χ4n) is 2.36. The van der Waals surface area contributed by atoms with Gasteiger partial charge in [-0.15, -0.1) is 0 Å². The minimum atomic E-state index is -3.83. The van der Waals surface area contributed by atoms with Gasteiger partial charge in [-0.25, -0.2) is 12.8 Å². The largest absolute Gasteiger partial charge is 0.377 e. The van der Waals surface area contributed by atoms with E-state index in [2.05, 4.69) is 9.82 Å². The molecule has 0 unspecified atom stereocenters. The van der Waals surface area contributed by atoms with E-state index in [0.717, 1.165) is 0 Å². The fraction of sp³-hybridized carbons (Fsp3) is 0.308. The van der Waals surface area contributed by atoms with Gasteiger partial charge in [-0.05, 0) is 12.1 Å². The first-order valence-corrected chi connectivity index (χ1v) is 7.78. The highest BCUT2D eigenvalue weighted by Gasteiger charge is 2.46. The van der Waals surface area contributed by atoms with Gasteiger partial charge in [0.2, 0.25) is 0 Å². The maximum absolute atomic E-state index is 14.0. The van der Waals surface area contributed by atoms with Gasteiger partial charge in [-0.2, -0.15) is 9.82 Å². The monoisotopic (exact) mass is 311 g/mol. The Bertz CT molecular complexity index is 768. The number of rotatable bonds is 4. The number of ether oxygens (including phenoxy) is 1. The lowest BCUT2D eigenvalue weighted by Crippen LogP contribution is -2.59. The highest BCUT2D eigenvalue weighted by molar-refractivity contribution is 7.89. The molecule has 0 radical (unpaired) electrons. The van der Waals surface area contributed by atoms with Crippen LogP contribution in [0.4, 0.5) is 4.39 Å². The average molecular weight is 311 g/mol. The fourth-order valence-corrected chi connectivity index (χ4v) is 3.84. The van der Waals surface area contributed by atoms with Crippen LogP contribution in [0.2, 0.25) is 0 Å². The molecular weight excluding hydrogens is 297 g/mol. The van der Waals surface area contributed by atoms with Crippen molar-refractivity contribution in [3.8, 4) is 0 Å². The number of halogens is 1. The standard InChI is InChI=1S/C13H14FN3O3S/c1-17-12(6-7-15-17)21(18,19)16-13(8-20-9-13)10-4-2-3-5-11(10)14/h2-7,16H,8-9H2,1H3. The molecule has 1 aliphatic heterocycles. The highest BCUT2D eigenvalue weighted by atomic mass is 32.2. The summed E-state index contributed by atoms with van der Waals surface area (Å²) in [6, 6.07) is 7.47. The molecule has 1 aromatic carbocycles. The molecule has 0 bridgehead atoms. The van der Waals surface area contributed by atoms with E-state index in [-0.39, 0.29) is 23.8 Å². The Balaban J connectivity index is 1.99. The Morgan fingerprint density at radius 1 is 1.33 bits per heavy atom. The Morgan fingerprint density at radius 2 is 2.05 bits per heavy atom. The van der Waals surface area contributed by atoms with E-state index in [9.17, 15) is 12.8 Å². The van der Waals surface area contributed by atoms with E-state index in [1.807, 2.05) is 0 Å². The van der Waals surface area contributed by atoms with Gasteiger partial charge < -0.3 is 4.74 Å². The normalized spacial score (nSPS) is 17.4. The van der Waals surface area contributed by atoms with Crippen LogP contribution in [0.5, 0.6) is 0 Å². The summed E-state index contributed by atoms with van der Waals surface area (Å²) in [5.41, 5.74) is -0.795. The summed E-state index contributed by atoms with van der Waals surface area (Å²) >= 11 is 0. The Kier molecular flexibility index (Phi) is 3.31. The smallest absolute Gasteiger partial charge is 0.258 e. The van der Waals surface area contributed by atoms with Gasteiger partial charge >= 0.3 is 0 Å². The molecule has 112 valence electrons. The molecule has 1 aromatic heterocycles. The average Bonchev–Trinajstić information content (AvgIpc) is 2.82. The van der Waals surface area contributed by atoms with Crippen LogP contribution in [0.15, 0.2) is 41.6 Å². The van der Waals surface area contributed by atoms with Crippen LogP contribution in [0, 0.1) is 5.82 Å². The lowest BCUT2D eigenvalue weighted by Gasteiger charge is -2.42. The Hall–Kier alpha value is -1.77. The lowest BCUT2D eigenvalue weighted by atomic mass is 9.89.